The molecule has 0 unspecified atom stereocenters. The maximum absolute atomic E-state index is 13.0. The van der Waals surface area contributed by atoms with Gasteiger partial charge in [0.15, 0.2) is 0 Å². The van der Waals surface area contributed by atoms with E-state index in [1.54, 1.807) is 36.4 Å². The molecule has 0 saturated carbocycles. The number of carbonyl (C=O) groups is 1. The van der Waals surface area contributed by atoms with Crippen LogP contribution in [-0.4, -0.2) is 83.6 Å². The molecule has 2 aromatic rings. The molecule has 1 fully saturated rings. The summed E-state index contributed by atoms with van der Waals surface area (Å²) in [6.45, 7) is 0.821. The van der Waals surface area contributed by atoms with E-state index in [4.69, 9.17) is 0 Å². The van der Waals surface area contributed by atoms with Gasteiger partial charge < -0.3 is 4.90 Å². The molecule has 0 bridgehead atoms. The molecule has 0 aromatic heterocycles. The Morgan fingerprint density at radius 3 is 2.03 bits per heavy atom. The van der Waals surface area contributed by atoms with Crippen LogP contribution in [0.2, 0.25) is 0 Å². The van der Waals surface area contributed by atoms with Crippen LogP contribution >= 0.6 is 0 Å². The van der Waals surface area contributed by atoms with Crippen molar-refractivity contribution in [1.29, 1.82) is 0 Å². The van der Waals surface area contributed by atoms with E-state index in [1.165, 1.54) is 52.9 Å². The molecule has 1 saturated heterocycles. The van der Waals surface area contributed by atoms with E-state index in [9.17, 15) is 21.6 Å². The minimum atomic E-state index is -3.85. The second-order valence-electron chi connectivity index (χ2n) is 7.32. The van der Waals surface area contributed by atoms with Gasteiger partial charge in [-0.15, -0.1) is 0 Å². The fourth-order valence-corrected chi connectivity index (χ4v) is 5.59. The number of sulfonamides is 1. The Labute approximate surface area is 183 Å². The molecule has 0 spiro atoms. The van der Waals surface area contributed by atoms with Gasteiger partial charge in [-0.05, 0) is 30.3 Å². The molecular formula is C20H26N4O5S2. The van der Waals surface area contributed by atoms with Crippen molar-refractivity contribution >= 4 is 31.8 Å². The molecule has 1 aliphatic heterocycles. The summed E-state index contributed by atoms with van der Waals surface area (Å²) in [6.07, 6.45) is 0. The van der Waals surface area contributed by atoms with Gasteiger partial charge in [0.25, 0.3) is 26.1 Å². The third-order valence-corrected chi connectivity index (χ3v) is 8.89. The highest BCUT2D eigenvalue weighted by atomic mass is 32.2. The molecular weight excluding hydrogens is 440 g/mol. The molecule has 1 aliphatic rings. The lowest BCUT2D eigenvalue weighted by Gasteiger charge is -2.35. The van der Waals surface area contributed by atoms with Crippen LogP contribution in [0.25, 0.3) is 0 Å². The van der Waals surface area contributed by atoms with Gasteiger partial charge in [-0.25, -0.2) is 8.42 Å². The Kier molecular flexibility index (Phi) is 6.70. The number of benzene rings is 2. The van der Waals surface area contributed by atoms with Crippen LogP contribution in [0.4, 0.5) is 5.69 Å². The van der Waals surface area contributed by atoms with E-state index < -0.39 is 20.2 Å². The van der Waals surface area contributed by atoms with Gasteiger partial charge in [0.2, 0.25) is 0 Å². The quantitative estimate of drug-likeness (QED) is 0.634. The summed E-state index contributed by atoms with van der Waals surface area (Å²) in [5.41, 5.74) is 0.754. The predicted molar refractivity (Wildman–Crippen MR) is 119 cm³/mol. The summed E-state index contributed by atoms with van der Waals surface area (Å²) in [6, 6.07) is 14.6. The van der Waals surface area contributed by atoms with E-state index in [0.717, 1.165) is 4.31 Å². The maximum Gasteiger partial charge on any atom is 0.281 e. The first-order valence-corrected chi connectivity index (χ1v) is 12.5. The monoisotopic (exact) mass is 466 g/mol. The van der Waals surface area contributed by atoms with Crippen molar-refractivity contribution in [3.05, 3.63) is 60.2 Å². The van der Waals surface area contributed by atoms with Crippen molar-refractivity contribution < 1.29 is 21.6 Å². The molecule has 9 nitrogen and oxygen atoms in total. The molecule has 1 heterocycles. The lowest BCUT2D eigenvalue weighted by Crippen LogP contribution is -2.53. The van der Waals surface area contributed by atoms with Gasteiger partial charge in [-0.2, -0.15) is 17.0 Å². The smallest absolute Gasteiger partial charge is 0.281 e. The van der Waals surface area contributed by atoms with Gasteiger partial charge in [0.05, 0.1) is 10.6 Å². The van der Waals surface area contributed by atoms with Gasteiger partial charge in [-0.1, -0.05) is 24.3 Å². The molecule has 1 amide bonds. The van der Waals surface area contributed by atoms with E-state index >= 15 is 0 Å². The number of hydrogen-bond donors (Lipinski definition) is 0. The molecule has 2 aromatic carbocycles. The van der Waals surface area contributed by atoms with Crippen molar-refractivity contribution in [2.45, 2.75) is 4.90 Å². The Morgan fingerprint density at radius 2 is 1.45 bits per heavy atom. The van der Waals surface area contributed by atoms with Crippen LogP contribution in [0.1, 0.15) is 10.4 Å². The van der Waals surface area contributed by atoms with Gasteiger partial charge in [0.1, 0.15) is 0 Å². The first kappa shape index (κ1) is 23.2. The summed E-state index contributed by atoms with van der Waals surface area (Å²) in [4.78, 5) is 14.5. The molecule has 0 atom stereocenters. The Balaban J connectivity index is 1.77. The van der Waals surface area contributed by atoms with Gasteiger partial charge in [0, 0.05) is 52.9 Å². The van der Waals surface area contributed by atoms with E-state index in [1.807, 2.05) is 0 Å². The molecule has 0 aliphatic carbocycles. The SMILES string of the molecule is CN(c1ccccc1)S(=O)(=O)c1cccc(C(=O)N2CCN(S(=O)(=O)N(C)C)CC2)c1. The van der Waals surface area contributed by atoms with E-state index in [-0.39, 0.29) is 42.5 Å². The number of rotatable bonds is 6. The van der Waals surface area contributed by atoms with Crippen molar-refractivity contribution in [2.75, 3.05) is 51.6 Å². The number of carbonyl (C=O) groups excluding carboxylic acids is 1. The largest absolute Gasteiger partial charge is 0.336 e. The normalized spacial score (nSPS) is 15.8. The fraction of sp³-hybridized carbons (Fsp3) is 0.350. The fourth-order valence-electron chi connectivity index (χ4n) is 3.26. The zero-order chi connectivity index (χ0) is 22.8. The minimum absolute atomic E-state index is 0.0125. The Hall–Kier alpha value is -2.47. The molecule has 11 heteroatoms. The average molecular weight is 467 g/mol. The number of nitrogens with zero attached hydrogens (tertiary/aromatic N) is 4. The van der Waals surface area contributed by atoms with Gasteiger partial charge >= 0.3 is 0 Å². The molecule has 168 valence electrons. The average Bonchev–Trinajstić information content (AvgIpc) is 2.78. The highest BCUT2D eigenvalue weighted by Crippen LogP contribution is 2.23. The van der Waals surface area contributed by atoms with Gasteiger partial charge in [-0.3, -0.25) is 9.10 Å². The van der Waals surface area contributed by atoms with Crippen LogP contribution in [0.15, 0.2) is 59.5 Å². The van der Waals surface area contributed by atoms with Crippen molar-refractivity contribution in [1.82, 2.24) is 13.5 Å². The summed E-state index contributed by atoms with van der Waals surface area (Å²) in [5.74, 6) is -0.332. The molecule has 31 heavy (non-hydrogen) atoms. The van der Waals surface area contributed by atoms with Crippen LogP contribution < -0.4 is 4.31 Å². The Bertz CT molecular complexity index is 1140. The van der Waals surface area contributed by atoms with Crippen molar-refractivity contribution in [3.63, 3.8) is 0 Å². The predicted octanol–water partition coefficient (Wildman–Crippen LogP) is 1.08. The third kappa shape index (κ3) is 4.74. The lowest BCUT2D eigenvalue weighted by atomic mass is 10.2. The lowest BCUT2D eigenvalue weighted by molar-refractivity contribution is 0.0695. The number of anilines is 1. The minimum Gasteiger partial charge on any atom is -0.336 e. The Morgan fingerprint density at radius 1 is 0.839 bits per heavy atom. The number of para-hydroxylation sites is 1. The summed E-state index contributed by atoms with van der Waals surface area (Å²) >= 11 is 0. The number of amides is 1. The second kappa shape index (κ2) is 8.95. The summed E-state index contributed by atoms with van der Waals surface area (Å²) in [5, 5.41) is 0. The van der Waals surface area contributed by atoms with Crippen LogP contribution in [0.5, 0.6) is 0 Å². The summed E-state index contributed by atoms with van der Waals surface area (Å²) in [7, 11) is -2.99. The van der Waals surface area contributed by atoms with Crippen LogP contribution in [0, 0.1) is 0 Å². The zero-order valence-corrected chi connectivity index (χ0v) is 19.3. The standard InChI is InChI=1S/C20H26N4O5S2/c1-21(2)31(28,29)24-14-12-23(13-15-24)20(25)17-8-7-11-19(16-17)30(26,27)22(3)18-9-5-4-6-10-18/h4-11,16H,12-15H2,1-3H3. The highest BCUT2D eigenvalue weighted by Gasteiger charge is 2.31. The van der Waals surface area contributed by atoms with Crippen LogP contribution in [0.3, 0.4) is 0 Å². The maximum atomic E-state index is 13.0. The van der Waals surface area contributed by atoms with Crippen molar-refractivity contribution in [2.24, 2.45) is 0 Å². The topological polar surface area (TPSA) is 98.3 Å². The molecule has 0 radical (unpaired) electrons. The van der Waals surface area contributed by atoms with Crippen molar-refractivity contribution in [3.8, 4) is 0 Å². The third-order valence-electron chi connectivity index (χ3n) is 5.17. The van der Waals surface area contributed by atoms with E-state index in [0.29, 0.717) is 5.69 Å². The first-order valence-electron chi connectivity index (χ1n) is 9.66. The summed E-state index contributed by atoms with van der Waals surface area (Å²) < 4.78 is 54.2. The first-order chi connectivity index (χ1) is 14.5. The highest BCUT2D eigenvalue weighted by molar-refractivity contribution is 7.92. The van der Waals surface area contributed by atoms with E-state index in [2.05, 4.69) is 0 Å². The zero-order valence-electron chi connectivity index (χ0n) is 17.7. The second-order valence-corrected chi connectivity index (χ2v) is 11.4. The van der Waals surface area contributed by atoms with Crippen LogP contribution in [-0.2, 0) is 20.2 Å². The molecule has 0 N–H and O–H groups in total. The number of piperazine rings is 1. The number of hydrogen-bond acceptors (Lipinski definition) is 5. The molecule has 3 rings (SSSR count).